The van der Waals surface area contributed by atoms with Gasteiger partial charge >= 0.3 is 0 Å². The SMILES string of the molecule is COc1ccc(-c2nc(C(=O)Nc3c(C)cc(C)nc3C)cs2)cc1. The van der Waals surface area contributed by atoms with E-state index in [0.717, 1.165) is 39.0 Å². The first-order valence-electron chi connectivity index (χ1n) is 7.84. The van der Waals surface area contributed by atoms with Crippen LogP contribution in [0.4, 0.5) is 5.69 Å². The van der Waals surface area contributed by atoms with Crippen LogP contribution in [0.1, 0.15) is 27.4 Å². The Morgan fingerprint density at radius 3 is 2.48 bits per heavy atom. The monoisotopic (exact) mass is 353 g/mol. The topological polar surface area (TPSA) is 64.1 Å². The van der Waals surface area contributed by atoms with Crippen LogP contribution < -0.4 is 10.1 Å². The molecule has 0 saturated heterocycles. The Labute approximate surface area is 150 Å². The minimum atomic E-state index is -0.229. The second-order valence-corrected chi connectivity index (χ2v) is 6.62. The number of methoxy groups -OCH3 is 1. The van der Waals surface area contributed by atoms with Gasteiger partial charge in [0.2, 0.25) is 0 Å². The van der Waals surface area contributed by atoms with Gasteiger partial charge in [-0.1, -0.05) is 0 Å². The molecule has 0 spiro atoms. The van der Waals surface area contributed by atoms with Gasteiger partial charge in [0.05, 0.1) is 18.5 Å². The van der Waals surface area contributed by atoms with Crippen molar-refractivity contribution in [3.8, 4) is 16.3 Å². The molecule has 3 aromatic rings. The van der Waals surface area contributed by atoms with Crippen LogP contribution in [0.25, 0.3) is 10.6 Å². The van der Waals surface area contributed by atoms with E-state index in [-0.39, 0.29) is 5.91 Å². The molecule has 0 unspecified atom stereocenters. The van der Waals surface area contributed by atoms with Crippen LogP contribution in [0, 0.1) is 20.8 Å². The van der Waals surface area contributed by atoms with Gasteiger partial charge in [-0.25, -0.2) is 4.98 Å². The van der Waals surface area contributed by atoms with Gasteiger partial charge in [-0.05, 0) is 56.7 Å². The normalized spacial score (nSPS) is 10.6. The second-order valence-electron chi connectivity index (χ2n) is 5.76. The van der Waals surface area contributed by atoms with Crippen molar-refractivity contribution in [1.29, 1.82) is 0 Å². The number of hydrogen-bond donors (Lipinski definition) is 1. The first-order valence-corrected chi connectivity index (χ1v) is 8.72. The molecule has 3 rings (SSSR count). The van der Waals surface area contributed by atoms with E-state index in [1.165, 1.54) is 11.3 Å². The average molecular weight is 353 g/mol. The molecule has 0 fully saturated rings. The number of hydrogen-bond acceptors (Lipinski definition) is 5. The number of thiazole rings is 1. The van der Waals surface area contributed by atoms with E-state index in [1.807, 2.05) is 51.1 Å². The van der Waals surface area contributed by atoms with Gasteiger partial charge in [0.1, 0.15) is 16.5 Å². The highest BCUT2D eigenvalue weighted by Crippen LogP contribution is 2.26. The number of rotatable bonds is 4. The number of ether oxygens (including phenoxy) is 1. The van der Waals surface area contributed by atoms with Crippen molar-refractivity contribution in [2.45, 2.75) is 20.8 Å². The molecule has 0 bridgehead atoms. The molecule has 1 amide bonds. The molecule has 128 valence electrons. The minimum absolute atomic E-state index is 0.229. The van der Waals surface area contributed by atoms with E-state index in [0.29, 0.717) is 5.69 Å². The lowest BCUT2D eigenvalue weighted by Gasteiger charge is -2.11. The fourth-order valence-electron chi connectivity index (χ4n) is 2.63. The zero-order chi connectivity index (χ0) is 18.0. The van der Waals surface area contributed by atoms with Crippen LogP contribution in [-0.4, -0.2) is 23.0 Å². The molecular formula is C19H19N3O2S. The summed E-state index contributed by atoms with van der Waals surface area (Å²) >= 11 is 1.44. The highest BCUT2D eigenvalue weighted by molar-refractivity contribution is 7.13. The third-order valence-corrected chi connectivity index (χ3v) is 4.73. The molecule has 2 heterocycles. The maximum absolute atomic E-state index is 12.5. The Balaban J connectivity index is 1.81. The standard InChI is InChI=1S/C19H19N3O2S/c1-11-9-12(2)20-13(3)17(11)22-18(23)16-10-25-19(21-16)14-5-7-15(24-4)8-6-14/h5-10H,1-4H3,(H,22,23). The molecule has 1 aromatic carbocycles. The lowest BCUT2D eigenvalue weighted by Crippen LogP contribution is -2.15. The van der Waals surface area contributed by atoms with E-state index in [4.69, 9.17) is 4.74 Å². The van der Waals surface area contributed by atoms with Crippen LogP contribution in [0.5, 0.6) is 5.75 Å². The third-order valence-electron chi connectivity index (χ3n) is 3.84. The smallest absolute Gasteiger partial charge is 0.275 e. The van der Waals surface area contributed by atoms with Crippen molar-refractivity contribution < 1.29 is 9.53 Å². The summed E-state index contributed by atoms with van der Waals surface area (Å²) in [6.45, 7) is 5.79. The van der Waals surface area contributed by atoms with Gasteiger partial charge in [-0.15, -0.1) is 11.3 Å². The highest BCUT2D eigenvalue weighted by Gasteiger charge is 2.15. The van der Waals surface area contributed by atoms with Crippen molar-refractivity contribution >= 4 is 22.9 Å². The predicted molar refractivity (Wildman–Crippen MR) is 101 cm³/mol. The minimum Gasteiger partial charge on any atom is -0.497 e. The molecule has 0 radical (unpaired) electrons. The third kappa shape index (κ3) is 3.69. The maximum Gasteiger partial charge on any atom is 0.275 e. The van der Waals surface area contributed by atoms with E-state index in [9.17, 15) is 4.79 Å². The molecule has 25 heavy (non-hydrogen) atoms. The van der Waals surface area contributed by atoms with Gasteiger partial charge in [0, 0.05) is 16.6 Å². The summed E-state index contributed by atoms with van der Waals surface area (Å²) in [5, 5.41) is 5.49. The van der Waals surface area contributed by atoms with Crippen molar-refractivity contribution in [2.24, 2.45) is 0 Å². The lowest BCUT2D eigenvalue weighted by atomic mass is 10.1. The predicted octanol–water partition coefficient (Wildman–Crippen LogP) is 4.39. The number of carbonyl (C=O) groups is 1. The van der Waals surface area contributed by atoms with Gasteiger partial charge in [0.25, 0.3) is 5.91 Å². The van der Waals surface area contributed by atoms with Crippen molar-refractivity contribution in [1.82, 2.24) is 9.97 Å². The Morgan fingerprint density at radius 1 is 1.12 bits per heavy atom. The first-order chi connectivity index (χ1) is 12.0. The quantitative estimate of drug-likeness (QED) is 0.755. The number of anilines is 1. The van der Waals surface area contributed by atoms with Crippen LogP contribution in [-0.2, 0) is 0 Å². The Bertz CT molecular complexity index is 894. The van der Waals surface area contributed by atoms with E-state index in [2.05, 4.69) is 15.3 Å². The summed E-state index contributed by atoms with van der Waals surface area (Å²) in [6.07, 6.45) is 0. The van der Waals surface area contributed by atoms with Crippen molar-refractivity contribution in [3.05, 3.63) is 58.4 Å². The molecular weight excluding hydrogens is 334 g/mol. The number of pyridine rings is 1. The number of aromatic nitrogens is 2. The zero-order valence-electron chi connectivity index (χ0n) is 14.6. The summed E-state index contributed by atoms with van der Waals surface area (Å²) in [4.78, 5) is 21.4. The fraction of sp³-hybridized carbons (Fsp3) is 0.211. The number of nitrogens with one attached hydrogen (secondary N) is 1. The summed E-state index contributed by atoms with van der Waals surface area (Å²) in [5.74, 6) is 0.559. The molecule has 0 aliphatic carbocycles. The molecule has 2 aromatic heterocycles. The Morgan fingerprint density at radius 2 is 1.84 bits per heavy atom. The molecule has 1 N–H and O–H groups in total. The van der Waals surface area contributed by atoms with E-state index < -0.39 is 0 Å². The highest BCUT2D eigenvalue weighted by atomic mass is 32.1. The van der Waals surface area contributed by atoms with Crippen molar-refractivity contribution in [2.75, 3.05) is 12.4 Å². The van der Waals surface area contributed by atoms with Gasteiger partial charge in [0.15, 0.2) is 0 Å². The summed E-state index contributed by atoms with van der Waals surface area (Å²) < 4.78 is 5.16. The van der Waals surface area contributed by atoms with Crippen LogP contribution in [0.15, 0.2) is 35.7 Å². The van der Waals surface area contributed by atoms with Crippen LogP contribution in [0.3, 0.4) is 0 Å². The molecule has 0 aliphatic rings. The van der Waals surface area contributed by atoms with E-state index >= 15 is 0 Å². The van der Waals surface area contributed by atoms with Gasteiger partial charge in [-0.3, -0.25) is 9.78 Å². The largest absolute Gasteiger partial charge is 0.497 e. The zero-order valence-corrected chi connectivity index (χ0v) is 15.4. The van der Waals surface area contributed by atoms with Gasteiger partial charge in [-0.2, -0.15) is 0 Å². The molecule has 5 nitrogen and oxygen atoms in total. The Hall–Kier alpha value is -2.73. The van der Waals surface area contributed by atoms with Crippen molar-refractivity contribution in [3.63, 3.8) is 0 Å². The molecule has 0 saturated carbocycles. The number of benzene rings is 1. The van der Waals surface area contributed by atoms with E-state index in [1.54, 1.807) is 12.5 Å². The summed E-state index contributed by atoms with van der Waals surface area (Å²) in [6, 6.07) is 9.56. The number of carbonyl (C=O) groups excluding carboxylic acids is 1. The molecule has 0 atom stereocenters. The van der Waals surface area contributed by atoms with Gasteiger partial charge < -0.3 is 10.1 Å². The summed E-state index contributed by atoms with van der Waals surface area (Å²) in [5.41, 5.74) is 4.82. The number of nitrogens with zero attached hydrogens (tertiary/aromatic N) is 2. The second kappa shape index (κ2) is 7.03. The van der Waals surface area contributed by atoms with Crippen LogP contribution in [0.2, 0.25) is 0 Å². The first kappa shape index (κ1) is 17.1. The Kier molecular flexibility index (Phi) is 4.81. The fourth-order valence-corrected chi connectivity index (χ4v) is 3.44. The maximum atomic E-state index is 12.5. The summed E-state index contributed by atoms with van der Waals surface area (Å²) in [7, 11) is 1.63. The number of amides is 1. The molecule has 0 aliphatic heterocycles. The number of aryl methyl sites for hydroxylation is 3. The molecule has 6 heteroatoms. The average Bonchev–Trinajstić information content (AvgIpc) is 3.08. The van der Waals surface area contributed by atoms with Crippen LogP contribution >= 0.6 is 11.3 Å². The lowest BCUT2D eigenvalue weighted by molar-refractivity contribution is 0.102.